The first kappa shape index (κ1) is 13.6. The molecule has 1 amide bonds. The maximum Gasteiger partial charge on any atom is 0.223 e. The number of hydrogen-bond donors (Lipinski definition) is 1. The van der Waals surface area contributed by atoms with Crippen LogP contribution in [0.2, 0.25) is 0 Å². The smallest absolute Gasteiger partial charge is 0.223 e. The minimum atomic E-state index is 0.137. The van der Waals surface area contributed by atoms with Crippen molar-refractivity contribution in [3.63, 3.8) is 0 Å². The summed E-state index contributed by atoms with van der Waals surface area (Å²) in [5.74, 6) is 0.145. The average Bonchev–Trinajstić information content (AvgIpc) is 2.91. The summed E-state index contributed by atoms with van der Waals surface area (Å²) in [6, 6.07) is 6.70. The van der Waals surface area contributed by atoms with Gasteiger partial charge >= 0.3 is 0 Å². The number of nitrogens with two attached hydrogens (primary N) is 1. The molecule has 1 saturated carbocycles. The van der Waals surface area contributed by atoms with E-state index in [0.29, 0.717) is 6.54 Å². The number of benzene rings is 1. The molecule has 0 radical (unpaired) electrons. The van der Waals surface area contributed by atoms with E-state index in [9.17, 15) is 4.79 Å². The second-order valence-electron chi connectivity index (χ2n) is 6.31. The van der Waals surface area contributed by atoms with Crippen LogP contribution in [-0.4, -0.2) is 19.0 Å². The van der Waals surface area contributed by atoms with Crippen molar-refractivity contribution < 1.29 is 4.79 Å². The van der Waals surface area contributed by atoms with Crippen molar-refractivity contribution >= 4 is 11.6 Å². The van der Waals surface area contributed by atoms with Crippen LogP contribution in [0.4, 0.5) is 5.69 Å². The van der Waals surface area contributed by atoms with Crippen LogP contribution in [-0.2, 0) is 16.6 Å². The number of amides is 1. The molecule has 20 heavy (non-hydrogen) atoms. The van der Waals surface area contributed by atoms with Gasteiger partial charge in [-0.05, 0) is 36.5 Å². The Bertz CT molecular complexity index is 518. The van der Waals surface area contributed by atoms with Crippen LogP contribution in [0.25, 0.3) is 0 Å². The van der Waals surface area contributed by atoms with Gasteiger partial charge in [-0.2, -0.15) is 0 Å². The predicted octanol–water partition coefficient (Wildman–Crippen LogP) is 2.76. The van der Waals surface area contributed by atoms with Gasteiger partial charge in [0.1, 0.15) is 0 Å². The fourth-order valence-corrected chi connectivity index (χ4v) is 3.88. The van der Waals surface area contributed by atoms with E-state index >= 15 is 0 Å². The summed E-state index contributed by atoms with van der Waals surface area (Å²) in [6.45, 7) is 3.19. The van der Waals surface area contributed by atoms with Gasteiger partial charge in [0.2, 0.25) is 5.91 Å². The SMILES string of the molecule is CC(=O)N1CCc2ccc(C3(CN)CCCCC3)cc21. The highest BCUT2D eigenvalue weighted by Gasteiger charge is 2.34. The lowest BCUT2D eigenvalue weighted by Crippen LogP contribution is -2.37. The number of hydrogen-bond acceptors (Lipinski definition) is 2. The van der Waals surface area contributed by atoms with E-state index in [2.05, 4.69) is 18.2 Å². The van der Waals surface area contributed by atoms with Crippen LogP contribution in [0.5, 0.6) is 0 Å². The van der Waals surface area contributed by atoms with E-state index < -0.39 is 0 Å². The van der Waals surface area contributed by atoms with Crippen molar-refractivity contribution in [2.24, 2.45) is 5.73 Å². The summed E-state index contributed by atoms with van der Waals surface area (Å²) in [5.41, 5.74) is 10.0. The summed E-state index contributed by atoms with van der Waals surface area (Å²) in [6.07, 6.45) is 7.21. The molecule has 0 unspecified atom stereocenters. The largest absolute Gasteiger partial charge is 0.330 e. The van der Waals surface area contributed by atoms with Crippen LogP contribution >= 0.6 is 0 Å². The normalized spacial score (nSPS) is 20.8. The Kier molecular flexibility index (Phi) is 3.55. The molecule has 3 heteroatoms. The van der Waals surface area contributed by atoms with Crippen molar-refractivity contribution in [3.05, 3.63) is 29.3 Å². The topological polar surface area (TPSA) is 46.3 Å². The Labute approximate surface area is 121 Å². The molecule has 1 aromatic carbocycles. The van der Waals surface area contributed by atoms with Crippen molar-refractivity contribution in [2.75, 3.05) is 18.0 Å². The van der Waals surface area contributed by atoms with Crippen molar-refractivity contribution in [1.29, 1.82) is 0 Å². The summed E-state index contributed by atoms with van der Waals surface area (Å²) in [5, 5.41) is 0. The zero-order chi connectivity index (χ0) is 14.2. The van der Waals surface area contributed by atoms with Gasteiger partial charge in [0, 0.05) is 31.1 Å². The van der Waals surface area contributed by atoms with Gasteiger partial charge in [-0.3, -0.25) is 4.79 Å². The molecular weight excluding hydrogens is 248 g/mol. The number of fused-ring (bicyclic) bond motifs is 1. The molecule has 0 saturated heterocycles. The molecule has 108 valence electrons. The van der Waals surface area contributed by atoms with E-state index in [-0.39, 0.29) is 11.3 Å². The standard InChI is InChI=1S/C17H24N2O/c1-13(20)19-10-7-14-5-6-15(11-16(14)19)17(12-18)8-3-2-4-9-17/h5-6,11H,2-4,7-10,12,18H2,1H3. The van der Waals surface area contributed by atoms with Crippen molar-refractivity contribution in [2.45, 2.75) is 50.9 Å². The fraction of sp³-hybridized carbons (Fsp3) is 0.588. The van der Waals surface area contributed by atoms with Gasteiger partial charge in [-0.25, -0.2) is 0 Å². The fourth-order valence-electron chi connectivity index (χ4n) is 3.88. The third kappa shape index (κ3) is 2.14. The van der Waals surface area contributed by atoms with Crippen LogP contribution < -0.4 is 10.6 Å². The first-order valence-electron chi connectivity index (χ1n) is 7.78. The maximum atomic E-state index is 11.7. The maximum absolute atomic E-state index is 11.7. The molecule has 1 fully saturated rings. The average molecular weight is 272 g/mol. The van der Waals surface area contributed by atoms with Crippen LogP contribution in [0, 0.1) is 0 Å². The minimum Gasteiger partial charge on any atom is -0.330 e. The molecule has 1 aliphatic heterocycles. The summed E-state index contributed by atoms with van der Waals surface area (Å²) < 4.78 is 0. The Balaban J connectivity index is 1.99. The van der Waals surface area contributed by atoms with Crippen LogP contribution in [0.15, 0.2) is 18.2 Å². The molecule has 0 bridgehead atoms. The van der Waals surface area contributed by atoms with E-state index in [1.807, 2.05) is 4.90 Å². The minimum absolute atomic E-state index is 0.137. The first-order chi connectivity index (χ1) is 9.66. The third-order valence-corrected chi connectivity index (χ3v) is 5.17. The van der Waals surface area contributed by atoms with E-state index in [4.69, 9.17) is 5.73 Å². The van der Waals surface area contributed by atoms with Crippen molar-refractivity contribution in [1.82, 2.24) is 0 Å². The Morgan fingerprint density at radius 3 is 2.70 bits per heavy atom. The molecule has 3 rings (SSSR count). The molecule has 0 aromatic heterocycles. The molecule has 1 aromatic rings. The number of anilines is 1. The molecule has 1 aliphatic carbocycles. The van der Waals surface area contributed by atoms with Crippen LogP contribution in [0.1, 0.15) is 50.2 Å². The second kappa shape index (κ2) is 5.21. The molecular formula is C17H24N2O. The van der Waals surface area contributed by atoms with E-state index in [1.165, 1.54) is 43.2 Å². The van der Waals surface area contributed by atoms with E-state index in [1.54, 1.807) is 6.92 Å². The highest BCUT2D eigenvalue weighted by atomic mass is 16.2. The number of rotatable bonds is 2. The van der Waals surface area contributed by atoms with Crippen LogP contribution in [0.3, 0.4) is 0 Å². The molecule has 2 N–H and O–H groups in total. The monoisotopic (exact) mass is 272 g/mol. The lowest BCUT2D eigenvalue weighted by atomic mass is 9.69. The summed E-state index contributed by atoms with van der Waals surface area (Å²) >= 11 is 0. The lowest BCUT2D eigenvalue weighted by Gasteiger charge is -2.37. The zero-order valence-corrected chi connectivity index (χ0v) is 12.3. The van der Waals surface area contributed by atoms with Gasteiger partial charge in [-0.15, -0.1) is 0 Å². The molecule has 3 nitrogen and oxygen atoms in total. The summed E-state index contributed by atoms with van der Waals surface area (Å²) in [4.78, 5) is 13.7. The Morgan fingerprint density at radius 1 is 1.30 bits per heavy atom. The number of carbonyl (C=O) groups excluding carboxylic acids is 1. The Morgan fingerprint density at radius 2 is 2.05 bits per heavy atom. The van der Waals surface area contributed by atoms with Crippen molar-refractivity contribution in [3.8, 4) is 0 Å². The van der Waals surface area contributed by atoms with Gasteiger partial charge < -0.3 is 10.6 Å². The van der Waals surface area contributed by atoms with Gasteiger partial charge in [-0.1, -0.05) is 31.4 Å². The molecule has 2 aliphatic rings. The zero-order valence-electron chi connectivity index (χ0n) is 12.3. The highest BCUT2D eigenvalue weighted by Crippen LogP contribution is 2.41. The quantitative estimate of drug-likeness (QED) is 0.900. The van der Waals surface area contributed by atoms with Gasteiger partial charge in [0.25, 0.3) is 0 Å². The first-order valence-corrected chi connectivity index (χ1v) is 7.78. The predicted molar refractivity (Wildman–Crippen MR) is 82.0 cm³/mol. The number of carbonyl (C=O) groups is 1. The molecule has 1 heterocycles. The highest BCUT2D eigenvalue weighted by molar-refractivity contribution is 5.93. The number of nitrogens with zero attached hydrogens (tertiary/aromatic N) is 1. The third-order valence-electron chi connectivity index (χ3n) is 5.17. The lowest BCUT2D eigenvalue weighted by molar-refractivity contribution is -0.116. The Hall–Kier alpha value is -1.35. The molecule has 0 spiro atoms. The van der Waals surface area contributed by atoms with Gasteiger partial charge in [0.05, 0.1) is 0 Å². The van der Waals surface area contributed by atoms with Gasteiger partial charge in [0.15, 0.2) is 0 Å². The summed E-state index contributed by atoms with van der Waals surface area (Å²) in [7, 11) is 0. The molecule has 0 atom stereocenters. The van der Waals surface area contributed by atoms with E-state index in [0.717, 1.165) is 18.7 Å². The second-order valence-corrected chi connectivity index (χ2v) is 6.31.